The SMILES string of the molecule is CC(=O)OC1C(OCc2ccccc2)[C@H](C)OC(C)[C@H]1OC(C)=O. The molecule has 1 aliphatic rings. The molecule has 6 heteroatoms. The smallest absolute Gasteiger partial charge is 0.303 e. The Labute approximate surface area is 142 Å². The largest absolute Gasteiger partial charge is 0.456 e. The lowest BCUT2D eigenvalue weighted by atomic mass is 9.95. The van der Waals surface area contributed by atoms with Gasteiger partial charge in [-0.1, -0.05) is 30.3 Å². The van der Waals surface area contributed by atoms with Crippen LogP contribution in [0.4, 0.5) is 0 Å². The van der Waals surface area contributed by atoms with Crippen LogP contribution in [-0.4, -0.2) is 42.5 Å². The second-order valence-corrected chi connectivity index (χ2v) is 5.96. The van der Waals surface area contributed by atoms with Crippen molar-refractivity contribution in [2.45, 2.75) is 64.8 Å². The lowest BCUT2D eigenvalue weighted by molar-refractivity contribution is -0.245. The molecule has 0 radical (unpaired) electrons. The van der Waals surface area contributed by atoms with E-state index in [0.29, 0.717) is 6.61 Å². The molecular weight excluding hydrogens is 312 g/mol. The molecule has 1 heterocycles. The van der Waals surface area contributed by atoms with Crippen LogP contribution in [0.2, 0.25) is 0 Å². The highest BCUT2D eigenvalue weighted by Crippen LogP contribution is 2.28. The maximum Gasteiger partial charge on any atom is 0.303 e. The van der Waals surface area contributed by atoms with E-state index in [2.05, 4.69) is 0 Å². The summed E-state index contributed by atoms with van der Waals surface area (Å²) >= 11 is 0. The van der Waals surface area contributed by atoms with Crippen molar-refractivity contribution in [2.75, 3.05) is 0 Å². The van der Waals surface area contributed by atoms with Gasteiger partial charge in [0.1, 0.15) is 6.10 Å². The van der Waals surface area contributed by atoms with Crippen LogP contribution in [0, 0.1) is 0 Å². The molecular formula is C18H24O6. The topological polar surface area (TPSA) is 71.1 Å². The first-order chi connectivity index (χ1) is 11.4. The average molecular weight is 336 g/mol. The summed E-state index contributed by atoms with van der Waals surface area (Å²) in [6.07, 6.45) is -2.66. The molecule has 5 atom stereocenters. The summed E-state index contributed by atoms with van der Waals surface area (Å²) in [7, 11) is 0. The van der Waals surface area contributed by atoms with E-state index < -0.39 is 36.4 Å². The van der Waals surface area contributed by atoms with E-state index in [4.69, 9.17) is 18.9 Å². The number of esters is 2. The first-order valence-corrected chi connectivity index (χ1v) is 8.04. The molecule has 132 valence electrons. The van der Waals surface area contributed by atoms with Crippen LogP contribution < -0.4 is 0 Å². The zero-order valence-corrected chi connectivity index (χ0v) is 14.4. The third-order valence-corrected chi connectivity index (χ3v) is 3.89. The molecule has 0 N–H and O–H groups in total. The molecule has 0 saturated carbocycles. The molecule has 0 amide bonds. The van der Waals surface area contributed by atoms with Crippen LogP contribution in [0.25, 0.3) is 0 Å². The maximum atomic E-state index is 11.5. The van der Waals surface area contributed by atoms with Gasteiger partial charge >= 0.3 is 11.9 Å². The zero-order valence-electron chi connectivity index (χ0n) is 14.4. The number of hydrogen-bond donors (Lipinski definition) is 0. The minimum atomic E-state index is -0.714. The van der Waals surface area contributed by atoms with E-state index in [1.807, 2.05) is 37.3 Å². The fourth-order valence-electron chi connectivity index (χ4n) is 2.89. The molecule has 1 saturated heterocycles. The van der Waals surface area contributed by atoms with Gasteiger partial charge in [-0.05, 0) is 19.4 Å². The van der Waals surface area contributed by atoms with E-state index >= 15 is 0 Å². The number of ether oxygens (including phenoxy) is 4. The van der Waals surface area contributed by atoms with E-state index in [1.54, 1.807) is 6.92 Å². The van der Waals surface area contributed by atoms with Gasteiger partial charge in [0.25, 0.3) is 0 Å². The summed E-state index contributed by atoms with van der Waals surface area (Å²) in [6, 6.07) is 9.66. The Morgan fingerprint density at radius 3 is 2.04 bits per heavy atom. The molecule has 1 aromatic carbocycles. The summed E-state index contributed by atoms with van der Waals surface area (Å²) in [5, 5.41) is 0. The molecule has 6 nitrogen and oxygen atoms in total. The highest BCUT2D eigenvalue weighted by molar-refractivity contribution is 5.67. The van der Waals surface area contributed by atoms with Crippen molar-refractivity contribution in [3.63, 3.8) is 0 Å². The van der Waals surface area contributed by atoms with Gasteiger partial charge in [0.05, 0.1) is 18.8 Å². The van der Waals surface area contributed by atoms with Crippen LogP contribution in [0.5, 0.6) is 0 Å². The lowest BCUT2D eigenvalue weighted by Crippen LogP contribution is -2.59. The van der Waals surface area contributed by atoms with Crippen molar-refractivity contribution in [1.82, 2.24) is 0 Å². The van der Waals surface area contributed by atoms with Gasteiger partial charge in [-0.25, -0.2) is 0 Å². The van der Waals surface area contributed by atoms with Crippen molar-refractivity contribution < 1.29 is 28.5 Å². The number of benzene rings is 1. The Morgan fingerprint density at radius 1 is 0.917 bits per heavy atom. The van der Waals surface area contributed by atoms with Gasteiger partial charge in [0.2, 0.25) is 0 Å². The van der Waals surface area contributed by atoms with Crippen molar-refractivity contribution in [2.24, 2.45) is 0 Å². The molecule has 0 bridgehead atoms. The fourth-order valence-corrected chi connectivity index (χ4v) is 2.89. The zero-order chi connectivity index (χ0) is 17.7. The predicted octanol–water partition coefficient (Wildman–Crippen LogP) is 2.24. The van der Waals surface area contributed by atoms with Gasteiger partial charge in [-0.2, -0.15) is 0 Å². The quantitative estimate of drug-likeness (QED) is 0.768. The molecule has 24 heavy (non-hydrogen) atoms. The number of carbonyl (C=O) groups excluding carboxylic acids is 2. The predicted molar refractivity (Wildman–Crippen MR) is 86.1 cm³/mol. The van der Waals surface area contributed by atoms with Crippen LogP contribution in [-0.2, 0) is 35.1 Å². The second kappa shape index (κ2) is 8.26. The van der Waals surface area contributed by atoms with Gasteiger partial charge in [0, 0.05) is 13.8 Å². The first kappa shape index (κ1) is 18.4. The Morgan fingerprint density at radius 2 is 1.46 bits per heavy atom. The summed E-state index contributed by atoms with van der Waals surface area (Å²) < 4.78 is 22.5. The van der Waals surface area contributed by atoms with E-state index in [0.717, 1.165) is 5.56 Å². The Bertz CT molecular complexity index is 558. The molecule has 1 fully saturated rings. The summed E-state index contributed by atoms with van der Waals surface area (Å²) in [6.45, 7) is 6.62. The Hall–Kier alpha value is -1.92. The Balaban J connectivity index is 2.16. The highest BCUT2D eigenvalue weighted by atomic mass is 16.6. The third-order valence-electron chi connectivity index (χ3n) is 3.89. The lowest BCUT2D eigenvalue weighted by Gasteiger charge is -2.43. The normalized spacial score (nSPS) is 29.8. The van der Waals surface area contributed by atoms with Crippen molar-refractivity contribution in [3.8, 4) is 0 Å². The summed E-state index contributed by atoms with van der Waals surface area (Å²) in [4.78, 5) is 22.9. The molecule has 3 unspecified atom stereocenters. The van der Waals surface area contributed by atoms with E-state index in [1.165, 1.54) is 13.8 Å². The van der Waals surface area contributed by atoms with Crippen LogP contribution in [0.15, 0.2) is 30.3 Å². The molecule has 0 aromatic heterocycles. The number of carbonyl (C=O) groups is 2. The fraction of sp³-hybridized carbons (Fsp3) is 0.556. The van der Waals surface area contributed by atoms with E-state index in [-0.39, 0.29) is 6.10 Å². The minimum absolute atomic E-state index is 0.306. The minimum Gasteiger partial charge on any atom is -0.456 e. The van der Waals surface area contributed by atoms with Crippen molar-refractivity contribution >= 4 is 11.9 Å². The highest BCUT2D eigenvalue weighted by Gasteiger charge is 2.47. The number of rotatable bonds is 5. The second-order valence-electron chi connectivity index (χ2n) is 5.96. The van der Waals surface area contributed by atoms with Gasteiger partial charge in [0.15, 0.2) is 12.2 Å². The summed E-state index contributed by atoms with van der Waals surface area (Å²) in [5.74, 6) is -0.907. The number of hydrogen-bond acceptors (Lipinski definition) is 6. The van der Waals surface area contributed by atoms with Crippen LogP contribution in [0.1, 0.15) is 33.3 Å². The van der Waals surface area contributed by atoms with Gasteiger partial charge in [-0.15, -0.1) is 0 Å². The van der Waals surface area contributed by atoms with Gasteiger partial charge in [-0.3, -0.25) is 9.59 Å². The summed E-state index contributed by atoms with van der Waals surface area (Å²) in [5.41, 5.74) is 0.994. The third kappa shape index (κ3) is 4.79. The van der Waals surface area contributed by atoms with Crippen molar-refractivity contribution in [3.05, 3.63) is 35.9 Å². The van der Waals surface area contributed by atoms with Crippen molar-refractivity contribution in [1.29, 1.82) is 0 Å². The molecule has 0 aliphatic carbocycles. The molecule has 1 aromatic rings. The molecule has 0 spiro atoms. The first-order valence-electron chi connectivity index (χ1n) is 8.04. The van der Waals surface area contributed by atoms with Crippen LogP contribution >= 0.6 is 0 Å². The monoisotopic (exact) mass is 336 g/mol. The maximum absolute atomic E-state index is 11.5. The molecule has 1 aliphatic heterocycles. The Kier molecular flexibility index (Phi) is 6.34. The van der Waals surface area contributed by atoms with Gasteiger partial charge < -0.3 is 18.9 Å². The van der Waals surface area contributed by atoms with Crippen LogP contribution in [0.3, 0.4) is 0 Å². The van der Waals surface area contributed by atoms with E-state index in [9.17, 15) is 9.59 Å². The standard InChI is InChI=1S/C18H24O6/c1-11-16(21-10-15-8-6-5-7-9-15)18(24-14(4)20)17(12(2)22-11)23-13(3)19/h5-9,11-12,16-18H,10H2,1-4H3/t11-,12?,16?,17+,18?/m0/s1. The molecule has 2 rings (SSSR count). The average Bonchev–Trinajstić information content (AvgIpc) is 2.51.